The van der Waals surface area contributed by atoms with Gasteiger partial charge < -0.3 is 9.84 Å². The van der Waals surface area contributed by atoms with Crippen LogP contribution in [0.3, 0.4) is 0 Å². The summed E-state index contributed by atoms with van der Waals surface area (Å²) in [5.74, 6) is -0.699. The average Bonchev–Trinajstić information content (AvgIpc) is 2.55. The molecule has 0 fully saturated rings. The van der Waals surface area contributed by atoms with Gasteiger partial charge in [0.05, 0.1) is 6.61 Å². The molecule has 0 aliphatic carbocycles. The number of rotatable bonds is 6. The van der Waals surface area contributed by atoms with Gasteiger partial charge in [-0.3, -0.25) is 0 Å². The summed E-state index contributed by atoms with van der Waals surface area (Å²) in [5.41, 5.74) is 2.65. The molecule has 0 spiro atoms. The molecule has 0 saturated heterocycles. The topological polar surface area (TPSA) is 46.5 Å². The Hall–Kier alpha value is -2.46. The van der Waals surface area contributed by atoms with Gasteiger partial charge in [-0.25, -0.2) is 9.18 Å². The van der Waals surface area contributed by atoms with Crippen LogP contribution in [-0.4, -0.2) is 11.1 Å². The van der Waals surface area contributed by atoms with Crippen LogP contribution in [0.25, 0.3) is 11.1 Å². The number of carbonyl (C=O) groups excluding carboxylic acids is 1. The van der Waals surface area contributed by atoms with Gasteiger partial charge in [-0.15, -0.1) is 0 Å². The molecular weight excluding hydrogens is 307 g/mol. The number of aryl methyl sites for hydroxylation is 1. The monoisotopic (exact) mass is 328 g/mol. The minimum atomic E-state index is -0.583. The van der Waals surface area contributed by atoms with Gasteiger partial charge in [0.15, 0.2) is 0 Å². The van der Waals surface area contributed by atoms with E-state index in [1.807, 2.05) is 13.0 Å². The molecule has 2 rings (SSSR count). The molecule has 2 aromatic rings. The lowest BCUT2D eigenvalue weighted by molar-refractivity contribution is -0.130. The van der Waals surface area contributed by atoms with Crippen molar-refractivity contribution < 1.29 is 19.0 Å². The highest BCUT2D eigenvalue weighted by atomic mass is 19.1. The van der Waals surface area contributed by atoms with E-state index in [9.17, 15) is 14.3 Å². The van der Waals surface area contributed by atoms with Crippen LogP contribution in [0.1, 0.15) is 31.4 Å². The smallest absolute Gasteiger partial charge is 0.338 e. The lowest BCUT2D eigenvalue weighted by Gasteiger charge is -2.12. The minimum absolute atomic E-state index is 0.208. The summed E-state index contributed by atoms with van der Waals surface area (Å²) >= 11 is 0. The van der Waals surface area contributed by atoms with Gasteiger partial charge in [0.2, 0.25) is 0 Å². The molecule has 0 radical (unpaired) electrons. The van der Waals surface area contributed by atoms with Crippen molar-refractivity contribution in [3.63, 3.8) is 0 Å². The van der Waals surface area contributed by atoms with E-state index >= 15 is 0 Å². The third-order valence-electron chi connectivity index (χ3n) is 3.67. The van der Waals surface area contributed by atoms with Crippen LogP contribution in [0.4, 0.5) is 4.39 Å². The molecule has 24 heavy (non-hydrogen) atoms. The average molecular weight is 328 g/mol. The first-order chi connectivity index (χ1) is 11.5. The molecule has 0 heterocycles. The molecule has 0 bridgehead atoms. The Kier molecular flexibility index (Phi) is 5.88. The minimum Gasteiger partial charge on any atom is -0.423 e. The van der Waals surface area contributed by atoms with E-state index in [1.165, 1.54) is 13.0 Å². The lowest BCUT2D eigenvalue weighted by Crippen LogP contribution is -2.10. The van der Waals surface area contributed by atoms with Crippen LogP contribution in [0.2, 0.25) is 0 Å². The van der Waals surface area contributed by atoms with E-state index in [2.05, 4.69) is 6.58 Å². The molecule has 0 amide bonds. The predicted octanol–water partition coefficient (Wildman–Crippen LogP) is 4.42. The molecule has 1 N–H and O–H groups in total. The molecule has 0 unspecified atom stereocenters. The number of benzene rings is 2. The fourth-order valence-electron chi connectivity index (χ4n) is 2.37. The van der Waals surface area contributed by atoms with Crippen molar-refractivity contribution >= 4 is 5.97 Å². The first-order valence-corrected chi connectivity index (χ1v) is 7.86. The van der Waals surface area contributed by atoms with Gasteiger partial charge in [-0.2, -0.15) is 0 Å². The van der Waals surface area contributed by atoms with Crippen molar-refractivity contribution in [3.05, 3.63) is 65.5 Å². The maximum Gasteiger partial charge on any atom is 0.338 e. The Labute approximate surface area is 141 Å². The highest BCUT2D eigenvalue weighted by Crippen LogP contribution is 2.30. The Morgan fingerprint density at radius 1 is 1.25 bits per heavy atom. The zero-order valence-electron chi connectivity index (χ0n) is 13.9. The fourth-order valence-corrected chi connectivity index (χ4v) is 2.37. The van der Waals surface area contributed by atoms with Gasteiger partial charge in [0.25, 0.3) is 0 Å². The second-order valence-electron chi connectivity index (χ2n) is 5.71. The van der Waals surface area contributed by atoms with Crippen LogP contribution in [-0.2, 0) is 17.8 Å². The van der Waals surface area contributed by atoms with Crippen molar-refractivity contribution in [2.75, 3.05) is 0 Å². The number of esters is 1. The molecular formula is C20H21FO3. The summed E-state index contributed by atoms with van der Waals surface area (Å²) in [6.45, 7) is 6.83. The highest BCUT2D eigenvalue weighted by Gasteiger charge is 2.13. The van der Waals surface area contributed by atoms with Gasteiger partial charge >= 0.3 is 5.97 Å². The van der Waals surface area contributed by atoms with Crippen molar-refractivity contribution in [2.45, 2.75) is 33.3 Å². The van der Waals surface area contributed by atoms with Crippen molar-refractivity contribution in [1.29, 1.82) is 0 Å². The summed E-state index contributed by atoms with van der Waals surface area (Å²) in [6.07, 6.45) is 1.77. The fraction of sp³-hybridized carbons (Fsp3) is 0.250. The van der Waals surface area contributed by atoms with Crippen LogP contribution in [0.15, 0.2) is 48.6 Å². The van der Waals surface area contributed by atoms with E-state index in [-0.39, 0.29) is 23.7 Å². The van der Waals surface area contributed by atoms with Gasteiger partial charge in [-0.1, -0.05) is 44.2 Å². The first kappa shape index (κ1) is 17.9. The SMILES string of the molecule is C=C(C)C(=O)Oc1cc(-c2ccc(CCC)cc2F)ccc1CO. The second kappa shape index (κ2) is 7.88. The van der Waals surface area contributed by atoms with Gasteiger partial charge in [0.1, 0.15) is 11.6 Å². The third-order valence-corrected chi connectivity index (χ3v) is 3.67. The molecule has 2 aromatic carbocycles. The summed E-state index contributed by atoms with van der Waals surface area (Å²) in [6, 6.07) is 10.0. The summed E-state index contributed by atoms with van der Waals surface area (Å²) in [5, 5.41) is 9.39. The molecule has 4 heteroatoms. The summed E-state index contributed by atoms with van der Waals surface area (Å²) in [7, 11) is 0. The number of ether oxygens (including phenoxy) is 1. The number of hydrogen-bond acceptors (Lipinski definition) is 3. The normalized spacial score (nSPS) is 10.5. The Morgan fingerprint density at radius 2 is 2.00 bits per heavy atom. The molecule has 0 aliphatic rings. The zero-order valence-corrected chi connectivity index (χ0v) is 13.9. The van der Waals surface area contributed by atoms with Crippen LogP contribution in [0.5, 0.6) is 5.75 Å². The van der Waals surface area contributed by atoms with E-state index in [4.69, 9.17) is 4.74 Å². The highest BCUT2D eigenvalue weighted by molar-refractivity contribution is 5.89. The predicted molar refractivity (Wildman–Crippen MR) is 92.2 cm³/mol. The summed E-state index contributed by atoms with van der Waals surface area (Å²) < 4.78 is 19.6. The standard InChI is InChI=1S/C20H21FO3/c1-4-5-14-6-9-17(18(21)10-14)15-7-8-16(12-22)19(11-15)24-20(23)13(2)3/h6-11,22H,2,4-5,12H2,1,3H3. The molecule has 3 nitrogen and oxygen atoms in total. The second-order valence-corrected chi connectivity index (χ2v) is 5.71. The maximum atomic E-state index is 14.4. The number of carbonyl (C=O) groups is 1. The molecule has 0 saturated carbocycles. The molecule has 0 aromatic heterocycles. The number of aliphatic hydroxyl groups is 1. The quantitative estimate of drug-likeness (QED) is 0.485. The van der Waals surface area contributed by atoms with E-state index < -0.39 is 5.97 Å². The van der Waals surface area contributed by atoms with Crippen LogP contribution >= 0.6 is 0 Å². The molecule has 0 atom stereocenters. The number of aliphatic hydroxyl groups excluding tert-OH is 1. The third kappa shape index (κ3) is 4.09. The van der Waals surface area contributed by atoms with Gasteiger partial charge in [-0.05, 0) is 36.6 Å². The Morgan fingerprint density at radius 3 is 2.58 bits per heavy atom. The number of halogens is 1. The van der Waals surface area contributed by atoms with Crippen molar-refractivity contribution in [2.24, 2.45) is 0 Å². The molecule has 126 valence electrons. The zero-order chi connectivity index (χ0) is 17.7. The number of hydrogen-bond donors (Lipinski definition) is 1. The largest absolute Gasteiger partial charge is 0.423 e. The summed E-state index contributed by atoms with van der Waals surface area (Å²) in [4.78, 5) is 11.7. The van der Waals surface area contributed by atoms with Gasteiger partial charge in [0, 0.05) is 16.7 Å². The van der Waals surface area contributed by atoms with E-state index in [0.717, 1.165) is 18.4 Å². The Bertz CT molecular complexity index is 765. The Balaban J connectivity index is 2.41. The van der Waals surface area contributed by atoms with Crippen LogP contribution < -0.4 is 4.74 Å². The van der Waals surface area contributed by atoms with Crippen LogP contribution in [0, 0.1) is 5.82 Å². The maximum absolute atomic E-state index is 14.4. The lowest BCUT2D eigenvalue weighted by atomic mass is 10.00. The van der Waals surface area contributed by atoms with E-state index in [0.29, 0.717) is 16.7 Å². The van der Waals surface area contributed by atoms with Crippen molar-refractivity contribution in [1.82, 2.24) is 0 Å². The molecule has 0 aliphatic heterocycles. The van der Waals surface area contributed by atoms with Crippen molar-refractivity contribution in [3.8, 4) is 16.9 Å². The first-order valence-electron chi connectivity index (χ1n) is 7.86. The van der Waals surface area contributed by atoms with E-state index in [1.54, 1.807) is 24.3 Å².